The van der Waals surface area contributed by atoms with E-state index in [4.69, 9.17) is 33.2 Å². The molecule has 0 fully saturated rings. The Hall–Kier alpha value is -0.910. The van der Waals surface area contributed by atoms with E-state index in [2.05, 4.69) is 0 Å². The van der Waals surface area contributed by atoms with Crippen LogP contribution in [0.3, 0.4) is 0 Å². The second kappa shape index (κ2) is 5.09. The van der Waals surface area contributed by atoms with Crippen LogP contribution in [-0.4, -0.2) is 6.10 Å². The first-order valence-corrected chi connectivity index (χ1v) is 5.00. The molecule has 0 aliphatic carbocycles. The number of benzene rings is 1. The zero-order chi connectivity index (χ0) is 10.6. The molecule has 14 heavy (non-hydrogen) atoms. The molecule has 0 heterocycles. The van der Waals surface area contributed by atoms with E-state index in [0.29, 0.717) is 16.7 Å². The van der Waals surface area contributed by atoms with Crippen LogP contribution in [0, 0.1) is 11.3 Å². The van der Waals surface area contributed by atoms with Crippen molar-refractivity contribution < 1.29 is 4.74 Å². The smallest absolute Gasteiger partial charge is 0.181 e. The van der Waals surface area contributed by atoms with Crippen molar-refractivity contribution >= 4 is 23.2 Å². The van der Waals surface area contributed by atoms with E-state index in [1.165, 1.54) is 0 Å². The number of para-hydroxylation sites is 1. The SMILES string of the molecule is CC(C#N)Oc1c(Cl)cccc1CCl. The highest BCUT2D eigenvalue weighted by atomic mass is 35.5. The molecular formula is C10H9Cl2NO. The minimum absolute atomic E-state index is 0.314. The Balaban J connectivity index is 3.00. The van der Waals surface area contributed by atoms with Gasteiger partial charge >= 0.3 is 0 Å². The van der Waals surface area contributed by atoms with E-state index < -0.39 is 6.10 Å². The number of rotatable bonds is 3. The summed E-state index contributed by atoms with van der Waals surface area (Å²) in [4.78, 5) is 0. The molecule has 0 aliphatic heterocycles. The molecule has 0 radical (unpaired) electrons. The Morgan fingerprint density at radius 1 is 1.57 bits per heavy atom. The van der Waals surface area contributed by atoms with Crippen LogP contribution in [-0.2, 0) is 5.88 Å². The maximum Gasteiger partial charge on any atom is 0.181 e. The molecule has 74 valence electrons. The summed E-state index contributed by atoms with van der Waals surface area (Å²) in [7, 11) is 0. The fraction of sp³-hybridized carbons (Fsp3) is 0.300. The Kier molecular flexibility index (Phi) is 4.06. The second-order valence-corrected chi connectivity index (χ2v) is 3.43. The predicted octanol–water partition coefficient (Wildman–Crippen LogP) is 3.37. The van der Waals surface area contributed by atoms with E-state index in [-0.39, 0.29) is 0 Å². The molecule has 2 nitrogen and oxygen atoms in total. The van der Waals surface area contributed by atoms with Gasteiger partial charge in [0.1, 0.15) is 11.8 Å². The van der Waals surface area contributed by atoms with Gasteiger partial charge in [0.25, 0.3) is 0 Å². The molecule has 1 aromatic rings. The lowest BCUT2D eigenvalue weighted by atomic mass is 10.2. The van der Waals surface area contributed by atoms with Crippen LogP contribution < -0.4 is 4.74 Å². The number of nitriles is 1. The van der Waals surface area contributed by atoms with Gasteiger partial charge in [0.2, 0.25) is 0 Å². The molecule has 4 heteroatoms. The van der Waals surface area contributed by atoms with Gasteiger partial charge in [-0.25, -0.2) is 0 Å². The average Bonchev–Trinajstić information content (AvgIpc) is 2.20. The van der Waals surface area contributed by atoms with Crippen molar-refractivity contribution in [3.05, 3.63) is 28.8 Å². The van der Waals surface area contributed by atoms with Crippen molar-refractivity contribution in [1.82, 2.24) is 0 Å². The standard InChI is InChI=1S/C10H9Cl2NO/c1-7(6-13)14-10-8(5-11)3-2-4-9(10)12/h2-4,7H,5H2,1H3. The number of hydrogen-bond acceptors (Lipinski definition) is 2. The summed E-state index contributed by atoms with van der Waals surface area (Å²) in [6.45, 7) is 1.65. The number of alkyl halides is 1. The predicted molar refractivity (Wildman–Crippen MR) is 56.7 cm³/mol. The summed E-state index contributed by atoms with van der Waals surface area (Å²) >= 11 is 11.6. The van der Waals surface area contributed by atoms with Gasteiger partial charge in [0.15, 0.2) is 6.10 Å². The van der Waals surface area contributed by atoms with Gasteiger partial charge in [-0.3, -0.25) is 0 Å². The zero-order valence-electron chi connectivity index (χ0n) is 7.63. The lowest BCUT2D eigenvalue weighted by Crippen LogP contribution is -2.09. The van der Waals surface area contributed by atoms with E-state index >= 15 is 0 Å². The fourth-order valence-corrected chi connectivity index (χ4v) is 1.44. The van der Waals surface area contributed by atoms with Crippen LogP contribution in [0.2, 0.25) is 5.02 Å². The molecule has 0 amide bonds. The van der Waals surface area contributed by atoms with E-state index in [1.54, 1.807) is 19.1 Å². The van der Waals surface area contributed by atoms with Crippen molar-refractivity contribution in [3.8, 4) is 11.8 Å². The molecule has 0 spiro atoms. The summed E-state index contributed by atoms with van der Waals surface area (Å²) in [5.74, 6) is 0.812. The first-order chi connectivity index (χ1) is 6.69. The maximum atomic E-state index is 8.60. The summed E-state index contributed by atoms with van der Waals surface area (Å²) < 4.78 is 5.34. The summed E-state index contributed by atoms with van der Waals surface area (Å²) in [6.07, 6.45) is -0.531. The summed E-state index contributed by atoms with van der Waals surface area (Å²) in [5.41, 5.74) is 0.793. The molecule has 1 atom stereocenters. The van der Waals surface area contributed by atoms with Gasteiger partial charge in [-0.15, -0.1) is 11.6 Å². The van der Waals surface area contributed by atoms with Crippen molar-refractivity contribution in [1.29, 1.82) is 5.26 Å². The third-order valence-electron chi connectivity index (χ3n) is 1.67. The van der Waals surface area contributed by atoms with E-state index in [1.807, 2.05) is 12.1 Å². The first kappa shape index (κ1) is 11.2. The highest BCUT2D eigenvalue weighted by Gasteiger charge is 2.10. The monoisotopic (exact) mass is 229 g/mol. The average molecular weight is 230 g/mol. The van der Waals surface area contributed by atoms with Gasteiger partial charge in [-0.1, -0.05) is 23.7 Å². The molecular weight excluding hydrogens is 221 g/mol. The molecule has 0 aliphatic rings. The quantitative estimate of drug-likeness (QED) is 0.745. The maximum absolute atomic E-state index is 8.60. The third kappa shape index (κ3) is 2.54. The van der Waals surface area contributed by atoms with Crippen molar-refractivity contribution in [2.45, 2.75) is 18.9 Å². The largest absolute Gasteiger partial charge is 0.474 e. The molecule has 1 rings (SSSR count). The van der Waals surface area contributed by atoms with Crippen molar-refractivity contribution in [2.24, 2.45) is 0 Å². The number of hydrogen-bond donors (Lipinski definition) is 0. The Morgan fingerprint density at radius 2 is 2.29 bits per heavy atom. The number of nitrogens with zero attached hydrogens (tertiary/aromatic N) is 1. The summed E-state index contributed by atoms with van der Waals surface area (Å²) in [6, 6.07) is 7.29. The van der Waals surface area contributed by atoms with Crippen LogP contribution in [0.4, 0.5) is 0 Å². The normalized spacial score (nSPS) is 11.9. The molecule has 0 saturated heterocycles. The van der Waals surface area contributed by atoms with Crippen molar-refractivity contribution in [3.63, 3.8) is 0 Å². The van der Waals surface area contributed by atoms with Crippen molar-refractivity contribution in [2.75, 3.05) is 0 Å². The van der Waals surface area contributed by atoms with Gasteiger partial charge in [0, 0.05) is 5.56 Å². The Labute approximate surface area is 93.0 Å². The topological polar surface area (TPSA) is 33.0 Å². The van der Waals surface area contributed by atoms with Gasteiger partial charge in [-0.2, -0.15) is 5.26 Å². The highest BCUT2D eigenvalue weighted by molar-refractivity contribution is 6.32. The van der Waals surface area contributed by atoms with E-state index in [9.17, 15) is 0 Å². The molecule has 0 aromatic heterocycles. The second-order valence-electron chi connectivity index (χ2n) is 2.75. The molecule has 1 aromatic carbocycles. The fourth-order valence-electron chi connectivity index (χ4n) is 0.994. The van der Waals surface area contributed by atoms with Crippen LogP contribution >= 0.6 is 23.2 Å². The van der Waals surface area contributed by atoms with Gasteiger partial charge in [-0.05, 0) is 13.0 Å². The Morgan fingerprint density at radius 3 is 2.86 bits per heavy atom. The van der Waals surface area contributed by atoms with Gasteiger partial charge < -0.3 is 4.74 Å². The third-order valence-corrected chi connectivity index (χ3v) is 2.25. The molecule has 0 bridgehead atoms. The summed E-state index contributed by atoms with van der Waals surface area (Å²) in [5, 5.41) is 9.08. The van der Waals surface area contributed by atoms with Crippen LogP contribution in [0.5, 0.6) is 5.75 Å². The van der Waals surface area contributed by atoms with Crippen LogP contribution in [0.15, 0.2) is 18.2 Å². The van der Waals surface area contributed by atoms with Crippen LogP contribution in [0.25, 0.3) is 0 Å². The van der Waals surface area contributed by atoms with Gasteiger partial charge in [0.05, 0.1) is 10.9 Å². The lowest BCUT2D eigenvalue weighted by Gasteiger charge is -2.12. The van der Waals surface area contributed by atoms with E-state index in [0.717, 1.165) is 5.56 Å². The Bertz CT molecular complexity index is 360. The molecule has 1 unspecified atom stereocenters. The zero-order valence-corrected chi connectivity index (χ0v) is 9.14. The van der Waals surface area contributed by atoms with Crippen LogP contribution in [0.1, 0.15) is 12.5 Å². The minimum Gasteiger partial charge on any atom is -0.474 e. The first-order valence-electron chi connectivity index (χ1n) is 4.08. The number of ether oxygens (including phenoxy) is 1. The molecule has 0 N–H and O–H groups in total. The minimum atomic E-state index is -0.531. The molecule has 0 saturated carbocycles. The highest BCUT2D eigenvalue weighted by Crippen LogP contribution is 2.30. The number of halogens is 2. The lowest BCUT2D eigenvalue weighted by molar-refractivity contribution is 0.274.